The zero-order chi connectivity index (χ0) is 23.5. The summed E-state index contributed by atoms with van der Waals surface area (Å²) in [4.78, 5) is 34.6. The van der Waals surface area contributed by atoms with Gasteiger partial charge in [0.05, 0.1) is 0 Å². The number of pyridine rings is 1. The Balaban J connectivity index is 1.20. The van der Waals surface area contributed by atoms with Crippen molar-refractivity contribution in [3.05, 3.63) is 53.7 Å². The van der Waals surface area contributed by atoms with Gasteiger partial charge in [0.25, 0.3) is 0 Å². The Morgan fingerprint density at radius 3 is 2.59 bits per heavy atom. The number of hydrogen-bond donors (Lipinski definition) is 0. The van der Waals surface area contributed by atoms with Crippen LogP contribution in [0.4, 0.5) is 0 Å². The van der Waals surface area contributed by atoms with Gasteiger partial charge < -0.3 is 19.3 Å². The van der Waals surface area contributed by atoms with Crippen LogP contribution in [-0.2, 0) is 15.1 Å². The number of likely N-dealkylation sites (tertiary alicyclic amines) is 1. The zero-order valence-electron chi connectivity index (χ0n) is 19.9. The summed E-state index contributed by atoms with van der Waals surface area (Å²) < 4.78 is 11.7. The number of esters is 1. The molecule has 1 spiro atoms. The van der Waals surface area contributed by atoms with Crippen LogP contribution in [0.1, 0.15) is 61.0 Å². The first-order chi connectivity index (χ1) is 16.5. The Labute approximate surface area is 201 Å². The van der Waals surface area contributed by atoms with Gasteiger partial charge in [-0.3, -0.25) is 4.79 Å². The Morgan fingerprint density at radius 2 is 1.85 bits per heavy atom. The highest BCUT2D eigenvalue weighted by Crippen LogP contribution is 2.48. The number of para-hydroxylation sites is 1. The molecule has 1 saturated carbocycles. The van der Waals surface area contributed by atoms with E-state index in [0.29, 0.717) is 43.0 Å². The van der Waals surface area contributed by atoms with Gasteiger partial charge in [0.15, 0.2) is 5.69 Å². The number of carbonyl (C=O) groups is 2. The third-order valence-corrected chi connectivity index (χ3v) is 7.53. The molecule has 1 saturated heterocycles. The summed E-state index contributed by atoms with van der Waals surface area (Å²) in [6.45, 7) is 4.01. The fraction of sp³-hybridized carbons (Fsp3) is 0.519. The molecule has 7 heteroatoms. The van der Waals surface area contributed by atoms with Gasteiger partial charge in [-0.1, -0.05) is 24.6 Å². The van der Waals surface area contributed by atoms with Crippen molar-refractivity contribution in [3.8, 4) is 11.6 Å². The number of nitrogens with zero attached hydrogens (tertiary/aromatic N) is 3. The first kappa shape index (κ1) is 22.8. The largest absolute Gasteiger partial charge is 0.449 e. The van der Waals surface area contributed by atoms with Crippen molar-refractivity contribution in [3.63, 3.8) is 0 Å². The van der Waals surface area contributed by atoms with Crippen molar-refractivity contribution >= 4 is 11.9 Å². The summed E-state index contributed by atoms with van der Waals surface area (Å²) in [5.74, 6) is 0.823. The van der Waals surface area contributed by atoms with Gasteiger partial charge in [0.1, 0.15) is 11.4 Å². The number of amides is 1. The van der Waals surface area contributed by atoms with Crippen molar-refractivity contribution in [2.45, 2.75) is 50.5 Å². The summed E-state index contributed by atoms with van der Waals surface area (Å²) >= 11 is 0. The highest BCUT2D eigenvalue weighted by atomic mass is 16.6. The third kappa shape index (κ3) is 4.67. The second kappa shape index (κ2) is 9.74. The molecular formula is C27H33N3O4. The number of likely N-dealkylation sites (N-methyl/N-ethyl adjacent to an activating group) is 1. The highest BCUT2D eigenvalue weighted by molar-refractivity contribution is 5.93. The quantitative estimate of drug-likeness (QED) is 0.593. The number of rotatable bonds is 6. The van der Waals surface area contributed by atoms with E-state index in [9.17, 15) is 9.59 Å². The van der Waals surface area contributed by atoms with Gasteiger partial charge in [0, 0.05) is 37.7 Å². The molecular weight excluding hydrogens is 430 g/mol. The van der Waals surface area contributed by atoms with Crippen LogP contribution in [-0.4, -0.2) is 59.9 Å². The summed E-state index contributed by atoms with van der Waals surface area (Å²) in [5, 5.41) is 0. The lowest BCUT2D eigenvalue weighted by atomic mass is 9.75. The summed E-state index contributed by atoms with van der Waals surface area (Å²) in [7, 11) is 1.92. The number of ether oxygens (including phenoxy) is 2. The highest BCUT2D eigenvalue weighted by Gasteiger charge is 2.49. The first-order valence-electron chi connectivity index (χ1n) is 12.5. The fourth-order valence-electron chi connectivity index (χ4n) is 5.51. The van der Waals surface area contributed by atoms with Crippen molar-refractivity contribution in [2.75, 3.05) is 33.2 Å². The van der Waals surface area contributed by atoms with Crippen LogP contribution in [0.3, 0.4) is 0 Å². The smallest absolute Gasteiger partial charge is 0.358 e. The number of aromatic nitrogens is 1. The minimum Gasteiger partial charge on any atom is -0.449 e. The normalized spacial score (nSPS) is 24.5. The number of carbonyl (C=O) groups excluding carboxylic acids is 2. The minimum absolute atomic E-state index is 0.0200. The van der Waals surface area contributed by atoms with Crippen LogP contribution in [0.5, 0.6) is 11.6 Å². The molecule has 1 amide bonds. The van der Waals surface area contributed by atoms with E-state index in [2.05, 4.69) is 9.88 Å². The molecule has 2 aliphatic heterocycles. The maximum Gasteiger partial charge on any atom is 0.358 e. The number of benzene rings is 1. The molecule has 1 aromatic heterocycles. The van der Waals surface area contributed by atoms with E-state index in [1.807, 2.05) is 48.3 Å². The van der Waals surface area contributed by atoms with E-state index in [1.165, 1.54) is 19.3 Å². The predicted octanol–water partition coefficient (Wildman–Crippen LogP) is 4.37. The van der Waals surface area contributed by atoms with Crippen LogP contribution >= 0.6 is 0 Å². The van der Waals surface area contributed by atoms with Crippen molar-refractivity contribution in [2.24, 2.45) is 5.92 Å². The second-order valence-corrected chi connectivity index (χ2v) is 9.78. The van der Waals surface area contributed by atoms with Crippen LogP contribution in [0.2, 0.25) is 0 Å². The third-order valence-electron chi connectivity index (χ3n) is 7.53. The predicted molar refractivity (Wildman–Crippen MR) is 128 cm³/mol. The lowest BCUT2D eigenvalue weighted by Gasteiger charge is -2.37. The van der Waals surface area contributed by atoms with Gasteiger partial charge in [-0.05, 0) is 69.8 Å². The van der Waals surface area contributed by atoms with Crippen LogP contribution in [0.15, 0.2) is 42.5 Å². The molecule has 2 fully saturated rings. The van der Waals surface area contributed by atoms with E-state index in [4.69, 9.17) is 9.47 Å². The molecule has 0 atom stereocenters. The molecule has 2 aromatic rings. The molecule has 180 valence electrons. The van der Waals surface area contributed by atoms with Crippen molar-refractivity contribution in [1.82, 2.24) is 14.8 Å². The molecule has 7 nitrogen and oxygen atoms in total. The van der Waals surface area contributed by atoms with E-state index in [0.717, 1.165) is 31.7 Å². The zero-order valence-corrected chi connectivity index (χ0v) is 19.9. The molecule has 1 aromatic carbocycles. The van der Waals surface area contributed by atoms with E-state index < -0.39 is 11.6 Å². The first-order valence-corrected chi connectivity index (χ1v) is 12.5. The molecule has 0 radical (unpaired) electrons. The Hall–Kier alpha value is -2.93. The standard InChI is InChI=1S/C27H33N3O4/c1-29(18-19-30-16-6-3-7-17-30)25(31)20-12-14-27(15-13-20)22-10-11-23(28-24(22)26(32)34-27)33-21-8-4-2-5-9-21/h2,4-5,8-11,20H,3,6-7,12-19H2,1H3. The number of piperidine rings is 1. The van der Waals surface area contributed by atoms with Crippen molar-refractivity contribution in [1.29, 1.82) is 0 Å². The van der Waals surface area contributed by atoms with Gasteiger partial charge in [0.2, 0.25) is 11.8 Å². The molecule has 0 N–H and O–H groups in total. The molecule has 1 aliphatic carbocycles. The van der Waals surface area contributed by atoms with Crippen molar-refractivity contribution < 1.29 is 19.1 Å². The monoisotopic (exact) mass is 463 g/mol. The van der Waals surface area contributed by atoms with E-state index in [-0.39, 0.29) is 11.8 Å². The van der Waals surface area contributed by atoms with E-state index in [1.54, 1.807) is 6.07 Å². The fourth-order valence-corrected chi connectivity index (χ4v) is 5.51. The molecule has 3 heterocycles. The SMILES string of the molecule is CN(CCN1CCCCC1)C(=O)C1CCC2(CC1)OC(=O)c1nc(Oc3ccccc3)ccc12. The van der Waals surface area contributed by atoms with Crippen LogP contribution in [0, 0.1) is 5.92 Å². The lowest BCUT2D eigenvalue weighted by molar-refractivity contribution is -0.137. The molecule has 5 rings (SSSR count). The lowest BCUT2D eigenvalue weighted by Crippen LogP contribution is -2.43. The van der Waals surface area contributed by atoms with Crippen LogP contribution < -0.4 is 4.74 Å². The summed E-state index contributed by atoms with van der Waals surface area (Å²) in [5.41, 5.74) is 0.479. The Bertz CT molecular complexity index is 1030. The second-order valence-electron chi connectivity index (χ2n) is 9.78. The molecule has 0 bridgehead atoms. The minimum atomic E-state index is -0.673. The van der Waals surface area contributed by atoms with Crippen LogP contribution in [0.25, 0.3) is 0 Å². The maximum atomic E-state index is 13.1. The van der Waals surface area contributed by atoms with Gasteiger partial charge in [-0.25, -0.2) is 9.78 Å². The summed E-state index contributed by atoms with van der Waals surface area (Å²) in [6.07, 6.45) is 6.55. The molecule has 3 aliphatic rings. The number of hydrogen-bond acceptors (Lipinski definition) is 6. The Kier molecular flexibility index (Phi) is 6.55. The van der Waals surface area contributed by atoms with Gasteiger partial charge in [-0.2, -0.15) is 0 Å². The average Bonchev–Trinajstić information content (AvgIpc) is 3.14. The molecule has 0 unspecified atom stereocenters. The average molecular weight is 464 g/mol. The maximum absolute atomic E-state index is 13.1. The van der Waals surface area contributed by atoms with E-state index >= 15 is 0 Å². The van der Waals surface area contributed by atoms with Gasteiger partial charge in [-0.15, -0.1) is 0 Å². The Morgan fingerprint density at radius 1 is 1.12 bits per heavy atom. The topological polar surface area (TPSA) is 72.0 Å². The number of fused-ring (bicyclic) bond motifs is 2. The molecule has 34 heavy (non-hydrogen) atoms. The summed E-state index contributed by atoms with van der Waals surface area (Å²) in [6, 6.07) is 13.1. The van der Waals surface area contributed by atoms with Gasteiger partial charge >= 0.3 is 5.97 Å².